The molecule has 3 rings (SSSR count). The molecule has 3 aromatic rings. The minimum Gasteiger partial charge on any atom is -0.352 e. The standard InChI is InChI=1S/C18H14F3N3O2S2/c19-18(20,21)12-5-3-11(4-6-12)9-22-15(25)8-13-10-28-17(23-13)24-16(26)14-2-1-7-27-14/h1-7,10H,8-9H2,(H,22,25)(H,23,24,26). The summed E-state index contributed by atoms with van der Waals surface area (Å²) in [6.07, 6.45) is -4.38. The third kappa shape index (κ3) is 5.40. The number of thiophene rings is 1. The number of halogens is 3. The molecule has 2 N–H and O–H groups in total. The third-order valence-electron chi connectivity index (χ3n) is 3.63. The second-order valence-corrected chi connectivity index (χ2v) is 7.53. The molecule has 0 aliphatic heterocycles. The van der Waals surface area contributed by atoms with Crippen LogP contribution in [-0.2, 0) is 23.9 Å². The van der Waals surface area contributed by atoms with Crippen LogP contribution in [0.5, 0.6) is 0 Å². The number of anilines is 1. The molecule has 2 heterocycles. The van der Waals surface area contributed by atoms with Gasteiger partial charge in [-0.25, -0.2) is 4.98 Å². The van der Waals surface area contributed by atoms with Crippen molar-refractivity contribution in [3.05, 3.63) is 68.9 Å². The lowest BCUT2D eigenvalue weighted by molar-refractivity contribution is -0.137. The van der Waals surface area contributed by atoms with Gasteiger partial charge in [-0.15, -0.1) is 22.7 Å². The molecule has 10 heteroatoms. The lowest BCUT2D eigenvalue weighted by Gasteiger charge is -2.08. The first-order valence-corrected chi connectivity index (χ1v) is 9.79. The van der Waals surface area contributed by atoms with Gasteiger partial charge >= 0.3 is 6.18 Å². The molecule has 2 aromatic heterocycles. The van der Waals surface area contributed by atoms with Gasteiger partial charge in [0.15, 0.2) is 5.13 Å². The van der Waals surface area contributed by atoms with E-state index in [2.05, 4.69) is 15.6 Å². The maximum Gasteiger partial charge on any atom is 0.416 e. The van der Waals surface area contributed by atoms with Crippen molar-refractivity contribution in [1.82, 2.24) is 10.3 Å². The summed E-state index contributed by atoms with van der Waals surface area (Å²) >= 11 is 2.52. The van der Waals surface area contributed by atoms with Crippen molar-refractivity contribution in [3.63, 3.8) is 0 Å². The third-order valence-corrected chi connectivity index (χ3v) is 5.30. The molecular weight excluding hydrogens is 411 g/mol. The van der Waals surface area contributed by atoms with Crippen molar-refractivity contribution >= 4 is 39.6 Å². The summed E-state index contributed by atoms with van der Waals surface area (Å²) < 4.78 is 37.6. The molecule has 5 nitrogen and oxygen atoms in total. The molecule has 1 aromatic carbocycles. The minimum absolute atomic E-state index is 0.00596. The van der Waals surface area contributed by atoms with Crippen LogP contribution in [0, 0.1) is 0 Å². The van der Waals surface area contributed by atoms with E-state index in [0.717, 1.165) is 12.1 Å². The molecule has 0 unspecified atom stereocenters. The van der Waals surface area contributed by atoms with Gasteiger partial charge in [-0.05, 0) is 29.1 Å². The fraction of sp³-hybridized carbons (Fsp3) is 0.167. The number of thiazole rings is 1. The maximum atomic E-state index is 12.5. The number of carbonyl (C=O) groups is 2. The molecule has 0 aliphatic carbocycles. The van der Waals surface area contributed by atoms with Crippen LogP contribution < -0.4 is 10.6 Å². The Labute approximate surface area is 166 Å². The molecule has 0 aliphatic rings. The van der Waals surface area contributed by atoms with E-state index >= 15 is 0 Å². The van der Waals surface area contributed by atoms with Crippen LogP contribution in [0.2, 0.25) is 0 Å². The second-order valence-electron chi connectivity index (χ2n) is 5.72. The van der Waals surface area contributed by atoms with E-state index in [0.29, 0.717) is 21.3 Å². The first-order chi connectivity index (χ1) is 13.3. The Morgan fingerprint density at radius 3 is 2.46 bits per heavy atom. The van der Waals surface area contributed by atoms with Crippen molar-refractivity contribution in [2.45, 2.75) is 19.1 Å². The number of nitrogens with zero attached hydrogens (tertiary/aromatic N) is 1. The fourth-order valence-corrected chi connectivity index (χ4v) is 3.58. The molecule has 0 atom stereocenters. The normalized spacial score (nSPS) is 11.2. The molecular formula is C18H14F3N3O2S2. The number of aromatic nitrogens is 1. The number of hydrogen-bond donors (Lipinski definition) is 2. The first kappa shape index (κ1) is 20.0. The Kier molecular flexibility index (Phi) is 6.10. The van der Waals surface area contributed by atoms with Gasteiger partial charge in [0.1, 0.15) is 0 Å². The van der Waals surface area contributed by atoms with Gasteiger partial charge in [-0.2, -0.15) is 13.2 Å². The second kappa shape index (κ2) is 8.53. The van der Waals surface area contributed by atoms with E-state index in [1.165, 1.54) is 34.8 Å². The lowest BCUT2D eigenvalue weighted by Crippen LogP contribution is -2.24. The summed E-state index contributed by atoms with van der Waals surface area (Å²) in [5.74, 6) is -0.580. The zero-order valence-corrected chi connectivity index (χ0v) is 15.9. The zero-order valence-electron chi connectivity index (χ0n) is 14.2. The Hall–Kier alpha value is -2.72. The number of alkyl halides is 3. The predicted molar refractivity (Wildman–Crippen MR) is 101 cm³/mol. The molecule has 0 bridgehead atoms. The lowest BCUT2D eigenvalue weighted by atomic mass is 10.1. The number of rotatable bonds is 6. The Morgan fingerprint density at radius 2 is 1.82 bits per heavy atom. The van der Waals surface area contributed by atoms with Crippen LogP contribution >= 0.6 is 22.7 Å². The Bertz CT molecular complexity index is 951. The summed E-state index contributed by atoms with van der Waals surface area (Å²) in [5, 5.41) is 9.16. The van der Waals surface area contributed by atoms with Crippen LogP contribution in [0.3, 0.4) is 0 Å². The molecule has 0 saturated carbocycles. The van der Waals surface area contributed by atoms with Crippen LogP contribution in [-0.4, -0.2) is 16.8 Å². The number of amides is 2. The molecule has 2 amide bonds. The van der Waals surface area contributed by atoms with Crippen LogP contribution in [0.1, 0.15) is 26.5 Å². The average molecular weight is 425 g/mol. The van der Waals surface area contributed by atoms with E-state index in [-0.39, 0.29) is 24.8 Å². The molecule has 0 radical (unpaired) electrons. The molecule has 0 fully saturated rings. The van der Waals surface area contributed by atoms with Crippen LogP contribution in [0.15, 0.2) is 47.2 Å². The van der Waals surface area contributed by atoms with E-state index in [4.69, 9.17) is 0 Å². The zero-order chi connectivity index (χ0) is 20.1. The van der Waals surface area contributed by atoms with Gasteiger partial charge in [0, 0.05) is 11.9 Å². The van der Waals surface area contributed by atoms with Gasteiger partial charge < -0.3 is 5.32 Å². The predicted octanol–water partition coefficient (Wildman–Crippen LogP) is 4.33. The smallest absolute Gasteiger partial charge is 0.352 e. The number of benzene rings is 1. The summed E-state index contributed by atoms with van der Waals surface area (Å²) in [6.45, 7) is 0.114. The van der Waals surface area contributed by atoms with Gasteiger partial charge in [-0.1, -0.05) is 18.2 Å². The first-order valence-electron chi connectivity index (χ1n) is 8.03. The van der Waals surface area contributed by atoms with Crippen molar-refractivity contribution in [2.75, 3.05) is 5.32 Å². The fourth-order valence-electron chi connectivity index (χ4n) is 2.25. The highest BCUT2D eigenvalue weighted by atomic mass is 32.1. The van der Waals surface area contributed by atoms with E-state index < -0.39 is 11.7 Å². The minimum atomic E-state index is -4.39. The monoisotopic (exact) mass is 425 g/mol. The highest BCUT2D eigenvalue weighted by Gasteiger charge is 2.29. The highest BCUT2D eigenvalue weighted by Crippen LogP contribution is 2.29. The summed E-state index contributed by atoms with van der Waals surface area (Å²) in [6, 6.07) is 8.07. The Balaban J connectivity index is 1.49. The molecule has 0 saturated heterocycles. The molecule has 28 heavy (non-hydrogen) atoms. The Morgan fingerprint density at radius 1 is 1.07 bits per heavy atom. The van der Waals surface area contributed by atoms with Gasteiger partial charge in [0.2, 0.25) is 5.91 Å². The van der Waals surface area contributed by atoms with Gasteiger partial charge in [0.25, 0.3) is 5.91 Å². The van der Waals surface area contributed by atoms with E-state index in [1.807, 2.05) is 0 Å². The van der Waals surface area contributed by atoms with Crippen molar-refractivity contribution in [3.8, 4) is 0 Å². The average Bonchev–Trinajstić information content (AvgIpc) is 3.32. The van der Waals surface area contributed by atoms with Gasteiger partial charge in [0.05, 0.1) is 22.6 Å². The highest BCUT2D eigenvalue weighted by molar-refractivity contribution is 7.14. The maximum absolute atomic E-state index is 12.5. The summed E-state index contributed by atoms with van der Waals surface area (Å²) in [7, 11) is 0. The largest absolute Gasteiger partial charge is 0.416 e. The molecule has 0 spiro atoms. The number of nitrogens with one attached hydrogen (secondary N) is 2. The summed E-state index contributed by atoms with van der Waals surface area (Å²) in [4.78, 5) is 28.7. The van der Waals surface area contributed by atoms with Gasteiger partial charge in [-0.3, -0.25) is 14.9 Å². The van der Waals surface area contributed by atoms with E-state index in [1.54, 1.807) is 22.9 Å². The van der Waals surface area contributed by atoms with Crippen LogP contribution in [0.25, 0.3) is 0 Å². The SMILES string of the molecule is O=C(Cc1csc(NC(=O)c2cccs2)n1)NCc1ccc(C(F)(F)F)cc1. The topological polar surface area (TPSA) is 71.1 Å². The van der Waals surface area contributed by atoms with Crippen molar-refractivity contribution in [2.24, 2.45) is 0 Å². The number of carbonyl (C=O) groups excluding carboxylic acids is 2. The van der Waals surface area contributed by atoms with Crippen molar-refractivity contribution in [1.29, 1.82) is 0 Å². The summed E-state index contributed by atoms with van der Waals surface area (Å²) in [5.41, 5.74) is 0.321. The molecule has 146 valence electrons. The van der Waals surface area contributed by atoms with E-state index in [9.17, 15) is 22.8 Å². The van der Waals surface area contributed by atoms with Crippen LogP contribution in [0.4, 0.5) is 18.3 Å². The quantitative estimate of drug-likeness (QED) is 0.617. The van der Waals surface area contributed by atoms with Crippen molar-refractivity contribution < 1.29 is 22.8 Å². The number of hydrogen-bond acceptors (Lipinski definition) is 5.